The van der Waals surface area contributed by atoms with Crippen molar-refractivity contribution >= 4 is 0 Å². The molecule has 0 radical (unpaired) electrons. The molecule has 0 heterocycles. The van der Waals surface area contributed by atoms with Gasteiger partial charge in [0, 0.05) is 0 Å². The molecular weight excluding hydrogens is 476 g/mol. The third kappa shape index (κ3) is 9.26. The van der Waals surface area contributed by atoms with E-state index in [-0.39, 0.29) is 0 Å². The first-order valence-electron chi connectivity index (χ1n) is 12.1. The summed E-state index contributed by atoms with van der Waals surface area (Å²) >= 11 is 0. The number of rotatable bonds is 10. The number of ether oxygens (including phenoxy) is 4. The summed E-state index contributed by atoms with van der Waals surface area (Å²) in [4.78, 5) is 0. The molecule has 0 N–H and O–H groups in total. The summed E-state index contributed by atoms with van der Waals surface area (Å²) in [5.41, 5.74) is 4.17. The second-order valence-corrected chi connectivity index (χ2v) is 8.23. The standard InChI is InChI=1S/2C16H15NO2/c2*1-18-15-6-4-14(5-7-15)12-19-16-8-2-13(3-9-16)10-11-17/h2*2-9H,10,12H2,1H3. The van der Waals surface area contributed by atoms with Gasteiger partial charge in [-0.1, -0.05) is 48.5 Å². The Morgan fingerprint density at radius 3 is 1.03 bits per heavy atom. The van der Waals surface area contributed by atoms with Crippen molar-refractivity contribution in [2.45, 2.75) is 26.1 Å². The Kier molecular flexibility index (Phi) is 11.1. The van der Waals surface area contributed by atoms with Crippen LogP contribution in [0.15, 0.2) is 97.1 Å². The molecule has 192 valence electrons. The van der Waals surface area contributed by atoms with Gasteiger partial charge in [0.15, 0.2) is 0 Å². The molecule has 0 amide bonds. The molecule has 4 rings (SSSR count). The smallest absolute Gasteiger partial charge is 0.119 e. The third-order valence-electron chi connectivity index (χ3n) is 5.54. The molecule has 0 unspecified atom stereocenters. The maximum absolute atomic E-state index is 8.59. The molecule has 0 atom stereocenters. The van der Waals surface area contributed by atoms with E-state index in [0.717, 1.165) is 45.3 Å². The average Bonchev–Trinajstić information content (AvgIpc) is 2.98. The summed E-state index contributed by atoms with van der Waals surface area (Å²) in [6, 6.07) is 35.0. The highest BCUT2D eigenvalue weighted by atomic mass is 16.5. The Hall–Kier alpha value is -4.94. The highest BCUT2D eigenvalue weighted by Crippen LogP contribution is 2.18. The zero-order valence-corrected chi connectivity index (χ0v) is 21.6. The van der Waals surface area contributed by atoms with Crippen LogP contribution < -0.4 is 18.9 Å². The molecule has 0 saturated heterocycles. The Balaban J connectivity index is 0.000000211. The first-order valence-corrected chi connectivity index (χ1v) is 12.1. The number of hydrogen-bond donors (Lipinski definition) is 0. The van der Waals surface area contributed by atoms with Crippen LogP contribution in [0.5, 0.6) is 23.0 Å². The van der Waals surface area contributed by atoms with Gasteiger partial charge >= 0.3 is 0 Å². The monoisotopic (exact) mass is 506 g/mol. The fourth-order valence-electron chi connectivity index (χ4n) is 3.37. The van der Waals surface area contributed by atoms with Crippen LogP contribution >= 0.6 is 0 Å². The number of benzene rings is 4. The van der Waals surface area contributed by atoms with Crippen LogP contribution in [-0.2, 0) is 26.1 Å². The molecule has 4 aromatic rings. The summed E-state index contributed by atoms with van der Waals surface area (Å²) in [5, 5.41) is 17.2. The van der Waals surface area contributed by atoms with E-state index in [2.05, 4.69) is 12.1 Å². The van der Waals surface area contributed by atoms with E-state index in [4.69, 9.17) is 29.5 Å². The minimum atomic E-state index is 0.429. The molecule has 38 heavy (non-hydrogen) atoms. The zero-order chi connectivity index (χ0) is 27.0. The SMILES string of the molecule is COc1ccc(COc2ccc(CC#N)cc2)cc1.COc1ccc(COc2ccc(CC#N)cc2)cc1. The summed E-state index contributed by atoms with van der Waals surface area (Å²) in [6.07, 6.45) is 0.859. The number of methoxy groups -OCH3 is 2. The lowest BCUT2D eigenvalue weighted by Gasteiger charge is -2.07. The Bertz CT molecular complexity index is 1210. The van der Waals surface area contributed by atoms with E-state index < -0.39 is 0 Å². The molecule has 6 heteroatoms. The maximum Gasteiger partial charge on any atom is 0.119 e. The summed E-state index contributed by atoms with van der Waals surface area (Å²) in [6.45, 7) is 1.03. The fourth-order valence-corrected chi connectivity index (χ4v) is 3.37. The van der Waals surface area contributed by atoms with Gasteiger partial charge in [0.05, 0.1) is 39.2 Å². The third-order valence-corrected chi connectivity index (χ3v) is 5.54. The molecule has 0 bridgehead atoms. The molecule has 0 saturated carbocycles. The van der Waals surface area contributed by atoms with Crippen LogP contribution in [0.3, 0.4) is 0 Å². The zero-order valence-electron chi connectivity index (χ0n) is 21.6. The van der Waals surface area contributed by atoms with Crippen LogP contribution in [0.1, 0.15) is 22.3 Å². The van der Waals surface area contributed by atoms with Crippen LogP contribution in [0, 0.1) is 22.7 Å². The highest BCUT2D eigenvalue weighted by Gasteiger charge is 1.99. The molecule has 6 nitrogen and oxygen atoms in total. The largest absolute Gasteiger partial charge is 0.497 e. The minimum Gasteiger partial charge on any atom is -0.497 e. The Morgan fingerprint density at radius 2 is 0.737 bits per heavy atom. The normalized spacial score (nSPS) is 9.68. The first kappa shape index (κ1) is 27.6. The number of hydrogen-bond acceptors (Lipinski definition) is 6. The van der Waals surface area contributed by atoms with Gasteiger partial charge in [-0.05, 0) is 70.8 Å². The van der Waals surface area contributed by atoms with Gasteiger partial charge in [-0.3, -0.25) is 0 Å². The first-order chi connectivity index (χ1) is 18.6. The molecular formula is C32H30N2O4. The second kappa shape index (κ2) is 15.2. The Morgan fingerprint density at radius 1 is 0.447 bits per heavy atom. The Labute approximate surface area is 224 Å². The van der Waals surface area contributed by atoms with Gasteiger partial charge in [-0.25, -0.2) is 0 Å². The van der Waals surface area contributed by atoms with Crippen LogP contribution in [0.2, 0.25) is 0 Å². The van der Waals surface area contributed by atoms with Crippen molar-refractivity contribution in [3.05, 3.63) is 119 Å². The molecule has 0 aliphatic carbocycles. The van der Waals surface area contributed by atoms with Crippen LogP contribution in [0.4, 0.5) is 0 Å². The van der Waals surface area contributed by atoms with E-state index in [0.29, 0.717) is 26.1 Å². The molecule has 0 aliphatic rings. The second-order valence-electron chi connectivity index (χ2n) is 8.23. The van der Waals surface area contributed by atoms with E-state index >= 15 is 0 Å². The average molecular weight is 507 g/mol. The van der Waals surface area contributed by atoms with Crippen molar-refractivity contribution in [2.24, 2.45) is 0 Å². The summed E-state index contributed by atoms with van der Waals surface area (Å²) in [5.74, 6) is 3.28. The lowest BCUT2D eigenvalue weighted by Crippen LogP contribution is -1.95. The molecule has 0 fully saturated rings. The van der Waals surface area contributed by atoms with Crippen LogP contribution in [0.25, 0.3) is 0 Å². The molecule has 0 aromatic heterocycles. The quantitative estimate of drug-likeness (QED) is 0.238. The van der Waals surface area contributed by atoms with Gasteiger partial charge < -0.3 is 18.9 Å². The van der Waals surface area contributed by atoms with Crippen molar-refractivity contribution in [2.75, 3.05) is 14.2 Å². The van der Waals surface area contributed by atoms with Gasteiger partial charge in [0.1, 0.15) is 36.2 Å². The van der Waals surface area contributed by atoms with Crippen molar-refractivity contribution in [1.29, 1.82) is 10.5 Å². The minimum absolute atomic E-state index is 0.429. The lowest BCUT2D eigenvalue weighted by atomic mass is 10.2. The number of nitriles is 2. The predicted octanol–water partition coefficient (Wildman–Crippen LogP) is 6.68. The van der Waals surface area contributed by atoms with Gasteiger partial charge in [-0.15, -0.1) is 0 Å². The fraction of sp³-hybridized carbons (Fsp3) is 0.188. The van der Waals surface area contributed by atoms with E-state index in [9.17, 15) is 0 Å². The van der Waals surface area contributed by atoms with E-state index in [1.54, 1.807) is 14.2 Å². The van der Waals surface area contributed by atoms with Crippen molar-refractivity contribution in [1.82, 2.24) is 0 Å². The van der Waals surface area contributed by atoms with Gasteiger partial charge in [0.25, 0.3) is 0 Å². The van der Waals surface area contributed by atoms with Crippen LogP contribution in [-0.4, -0.2) is 14.2 Å². The molecule has 4 aromatic carbocycles. The van der Waals surface area contributed by atoms with E-state index in [1.165, 1.54) is 0 Å². The lowest BCUT2D eigenvalue weighted by molar-refractivity contribution is 0.306. The van der Waals surface area contributed by atoms with Crippen molar-refractivity contribution in [3.8, 4) is 35.1 Å². The summed E-state index contributed by atoms with van der Waals surface area (Å²) < 4.78 is 21.6. The molecule has 0 spiro atoms. The van der Waals surface area contributed by atoms with Crippen molar-refractivity contribution < 1.29 is 18.9 Å². The highest BCUT2D eigenvalue weighted by molar-refractivity contribution is 5.31. The topological polar surface area (TPSA) is 84.5 Å². The summed E-state index contributed by atoms with van der Waals surface area (Å²) in [7, 11) is 3.29. The van der Waals surface area contributed by atoms with Crippen molar-refractivity contribution in [3.63, 3.8) is 0 Å². The van der Waals surface area contributed by atoms with Gasteiger partial charge in [-0.2, -0.15) is 10.5 Å². The maximum atomic E-state index is 8.59. The molecule has 0 aliphatic heterocycles. The van der Waals surface area contributed by atoms with Gasteiger partial charge in [0.2, 0.25) is 0 Å². The van der Waals surface area contributed by atoms with E-state index in [1.807, 2.05) is 97.1 Å². The number of nitrogens with zero attached hydrogens (tertiary/aromatic N) is 2. The predicted molar refractivity (Wildman–Crippen MR) is 146 cm³/mol.